The lowest BCUT2D eigenvalue weighted by Crippen LogP contribution is -1.89. The van der Waals surface area contributed by atoms with E-state index in [1.807, 2.05) is 11.6 Å². The summed E-state index contributed by atoms with van der Waals surface area (Å²) in [6, 6.07) is 0.329. The van der Waals surface area contributed by atoms with Crippen LogP contribution in [-0.4, -0.2) is 17.3 Å². The normalized spacial score (nSPS) is 35.1. The largest absolute Gasteiger partial charge is 0.279 e. The van der Waals surface area contributed by atoms with Crippen molar-refractivity contribution >= 4 is 17.3 Å². The number of allylic oxidation sites excluding steroid dienone is 2. The summed E-state index contributed by atoms with van der Waals surface area (Å²) in [5.41, 5.74) is 1.92. The van der Waals surface area contributed by atoms with E-state index in [2.05, 4.69) is 30.1 Å². The first kappa shape index (κ1) is 7.61. The van der Waals surface area contributed by atoms with E-state index < -0.39 is 0 Å². The van der Waals surface area contributed by atoms with E-state index in [1.165, 1.54) is 0 Å². The van der Waals surface area contributed by atoms with Crippen LogP contribution in [0.15, 0.2) is 29.3 Å². The lowest BCUT2D eigenvalue weighted by atomic mass is 10.3. The molecule has 0 aromatic heterocycles. The van der Waals surface area contributed by atoms with Crippen LogP contribution in [-0.2, 0) is 0 Å². The Morgan fingerprint density at radius 1 is 1.50 bits per heavy atom. The second kappa shape index (κ2) is 4.34. The molecule has 0 saturated carbocycles. The van der Waals surface area contributed by atoms with Crippen molar-refractivity contribution in [3.05, 3.63) is 24.3 Å². The number of nitrogens with zero attached hydrogens (tertiary/aromatic N) is 1. The van der Waals surface area contributed by atoms with Gasteiger partial charge >= 0.3 is 0 Å². The summed E-state index contributed by atoms with van der Waals surface area (Å²) >= 11 is 1.73. The van der Waals surface area contributed by atoms with E-state index in [-0.39, 0.29) is 0 Å². The molecule has 1 heterocycles. The molecule has 0 radical (unpaired) electrons. The third-order valence-corrected chi connectivity index (χ3v) is 1.86. The van der Waals surface area contributed by atoms with Gasteiger partial charge in [0.1, 0.15) is 0 Å². The highest BCUT2D eigenvalue weighted by Crippen LogP contribution is 2.01. The smallest absolute Gasteiger partial charge is 0.0660 e. The summed E-state index contributed by atoms with van der Waals surface area (Å²) in [6.45, 7) is 2.08. The Bertz CT molecular complexity index is 170. The summed E-state index contributed by atoms with van der Waals surface area (Å²) in [5, 5.41) is 0. The highest BCUT2D eigenvalue weighted by molar-refractivity contribution is 8.12. The van der Waals surface area contributed by atoms with Crippen molar-refractivity contribution in [1.29, 1.82) is 0 Å². The molecule has 0 N–H and O–H groups in total. The van der Waals surface area contributed by atoms with E-state index >= 15 is 0 Å². The maximum absolute atomic E-state index is 4.25. The fourth-order valence-electron chi connectivity index (χ4n) is 0.646. The Morgan fingerprint density at radius 3 is 3.30 bits per heavy atom. The molecular weight excluding hydrogens is 142 g/mol. The van der Waals surface area contributed by atoms with Crippen LogP contribution in [0.3, 0.4) is 0 Å². The standard InChI is InChI=1S/C8H11NS/c1-8-5-3-2-4-6-10-7-9-8/h2-5,7-8H,6H2,1H3/b4-2-,5-3-,9-7-/t8-/m1/s1. The van der Waals surface area contributed by atoms with Gasteiger partial charge in [-0.15, -0.1) is 11.8 Å². The molecule has 0 unspecified atom stereocenters. The minimum absolute atomic E-state index is 0.329. The van der Waals surface area contributed by atoms with Gasteiger partial charge in [0.15, 0.2) is 0 Å². The van der Waals surface area contributed by atoms with E-state index in [0.717, 1.165) is 5.75 Å². The summed E-state index contributed by atoms with van der Waals surface area (Å²) in [4.78, 5) is 4.25. The molecule has 0 fully saturated rings. The average Bonchev–Trinajstić information content (AvgIpc) is 2.02. The molecule has 1 aliphatic rings. The Kier molecular flexibility index (Phi) is 3.30. The molecule has 0 bridgehead atoms. The predicted octanol–water partition coefficient (Wildman–Crippen LogP) is 2.26. The monoisotopic (exact) mass is 153 g/mol. The van der Waals surface area contributed by atoms with Crippen LogP contribution in [0.5, 0.6) is 0 Å². The molecule has 54 valence electrons. The Morgan fingerprint density at radius 2 is 2.40 bits per heavy atom. The van der Waals surface area contributed by atoms with Gasteiger partial charge in [0.25, 0.3) is 0 Å². The van der Waals surface area contributed by atoms with Crippen LogP contribution in [0.1, 0.15) is 6.92 Å². The molecule has 0 aromatic carbocycles. The van der Waals surface area contributed by atoms with Gasteiger partial charge in [-0.3, -0.25) is 4.99 Å². The van der Waals surface area contributed by atoms with E-state index in [9.17, 15) is 0 Å². The van der Waals surface area contributed by atoms with Gasteiger partial charge in [0.05, 0.1) is 11.6 Å². The molecule has 0 amide bonds. The molecule has 1 aliphatic heterocycles. The van der Waals surface area contributed by atoms with Crippen LogP contribution in [0.25, 0.3) is 0 Å². The molecule has 0 spiro atoms. The molecule has 0 aliphatic carbocycles. The highest BCUT2D eigenvalue weighted by atomic mass is 32.2. The average molecular weight is 153 g/mol. The third kappa shape index (κ3) is 2.87. The summed E-state index contributed by atoms with van der Waals surface area (Å²) in [6.07, 6.45) is 8.33. The van der Waals surface area contributed by atoms with Crippen LogP contribution in [0.2, 0.25) is 0 Å². The maximum atomic E-state index is 4.25. The fraction of sp³-hybridized carbons (Fsp3) is 0.375. The minimum Gasteiger partial charge on any atom is -0.279 e. The highest BCUT2D eigenvalue weighted by Gasteiger charge is 1.89. The van der Waals surface area contributed by atoms with Gasteiger partial charge < -0.3 is 0 Å². The van der Waals surface area contributed by atoms with Crippen molar-refractivity contribution in [3.8, 4) is 0 Å². The number of thioether (sulfide) groups is 1. The van der Waals surface area contributed by atoms with Crippen LogP contribution in [0, 0.1) is 0 Å². The first-order valence-electron chi connectivity index (χ1n) is 3.36. The maximum Gasteiger partial charge on any atom is 0.0660 e. The van der Waals surface area contributed by atoms with E-state index in [4.69, 9.17) is 0 Å². The van der Waals surface area contributed by atoms with Crippen molar-refractivity contribution in [2.24, 2.45) is 4.99 Å². The summed E-state index contributed by atoms with van der Waals surface area (Å²) in [5.74, 6) is 1.03. The quantitative estimate of drug-likeness (QED) is 0.520. The first-order valence-corrected chi connectivity index (χ1v) is 4.41. The van der Waals surface area contributed by atoms with E-state index in [1.54, 1.807) is 11.8 Å². The molecule has 1 nitrogen and oxygen atoms in total. The van der Waals surface area contributed by atoms with Crippen molar-refractivity contribution in [3.63, 3.8) is 0 Å². The topological polar surface area (TPSA) is 12.4 Å². The molecule has 2 heteroatoms. The third-order valence-electron chi connectivity index (χ3n) is 1.20. The number of rotatable bonds is 0. The van der Waals surface area contributed by atoms with Gasteiger partial charge in [-0.2, -0.15) is 0 Å². The Hall–Kier alpha value is -0.500. The summed E-state index contributed by atoms with van der Waals surface area (Å²) in [7, 11) is 0. The lowest BCUT2D eigenvalue weighted by Gasteiger charge is -1.93. The van der Waals surface area contributed by atoms with Crippen LogP contribution < -0.4 is 0 Å². The SMILES string of the molecule is C[C@@H]1/C=C\C=C/CS/C=N\1. The number of hydrogen-bond donors (Lipinski definition) is 0. The molecule has 10 heavy (non-hydrogen) atoms. The van der Waals surface area contributed by atoms with Gasteiger partial charge in [0, 0.05) is 5.75 Å². The van der Waals surface area contributed by atoms with Crippen molar-refractivity contribution < 1.29 is 0 Å². The van der Waals surface area contributed by atoms with Crippen molar-refractivity contribution in [1.82, 2.24) is 0 Å². The molecule has 0 aromatic rings. The lowest BCUT2D eigenvalue weighted by molar-refractivity contribution is 0.936. The number of aliphatic imine (C=N–C) groups is 1. The predicted molar refractivity (Wildman–Crippen MR) is 48.7 cm³/mol. The van der Waals surface area contributed by atoms with E-state index in [0.29, 0.717) is 6.04 Å². The van der Waals surface area contributed by atoms with Crippen molar-refractivity contribution in [2.75, 3.05) is 5.75 Å². The Labute approximate surface area is 65.9 Å². The second-order valence-electron chi connectivity index (χ2n) is 2.14. The van der Waals surface area contributed by atoms with Gasteiger partial charge in [-0.1, -0.05) is 24.3 Å². The zero-order chi connectivity index (χ0) is 7.23. The number of hydrogen-bond acceptors (Lipinski definition) is 2. The van der Waals surface area contributed by atoms with Gasteiger partial charge in [-0.05, 0) is 6.92 Å². The zero-order valence-corrected chi connectivity index (χ0v) is 6.84. The van der Waals surface area contributed by atoms with Crippen LogP contribution in [0.4, 0.5) is 0 Å². The minimum atomic E-state index is 0.329. The van der Waals surface area contributed by atoms with Crippen LogP contribution >= 0.6 is 11.8 Å². The molecule has 0 saturated heterocycles. The van der Waals surface area contributed by atoms with Gasteiger partial charge in [-0.25, -0.2) is 0 Å². The fourth-order valence-corrected chi connectivity index (χ4v) is 1.23. The molecular formula is C8H11NS. The zero-order valence-electron chi connectivity index (χ0n) is 6.03. The second-order valence-corrected chi connectivity index (χ2v) is 3.02. The first-order chi connectivity index (χ1) is 4.89. The molecule has 1 rings (SSSR count). The van der Waals surface area contributed by atoms with Crippen molar-refractivity contribution in [2.45, 2.75) is 13.0 Å². The molecule has 1 atom stereocenters. The Balaban J connectivity index is 2.55. The van der Waals surface area contributed by atoms with Gasteiger partial charge in [0.2, 0.25) is 0 Å². The summed E-state index contributed by atoms with van der Waals surface area (Å²) < 4.78 is 0.